The van der Waals surface area contributed by atoms with Gasteiger partial charge >= 0.3 is 0 Å². The molecule has 4 nitrogen and oxygen atoms in total. The van der Waals surface area contributed by atoms with Crippen LogP contribution in [-0.4, -0.2) is 4.92 Å². The van der Waals surface area contributed by atoms with Crippen LogP contribution >= 0.6 is 27.5 Å². The molecular formula is C13H9BrClNO3. The molecule has 0 aliphatic carbocycles. The van der Waals surface area contributed by atoms with Crippen molar-refractivity contribution in [2.24, 2.45) is 0 Å². The summed E-state index contributed by atoms with van der Waals surface area (Å²) in [6.07, 6.45) is 0. The largest absolute Gasteiger partial charge is 0.489 e. The molecule has 2 aromatic carbocycles. The molecule has 0 aromatic heterocycles. The summed E-state index contributed by atoms with van der Waals surface area (Å²) >= 11 is 9.07. The maximum Gasteiger partial charge on any atom is 0.270 e. The topological polar surface area (TPSA) is 52.4 Å². The van der Waals surface area contributed by atoms with Gasteiger partial charge in [-0.3, -0.25) is 10.1 Å². The highest BCUT2D eigenvalue weighted by molar-refractivity contribution is 9.10. The van der Waals surface area contributed by atoms with E-state index in [0.29, 0.717) is 21.9 Å². The lowest BCUT2D eigenvalue weighted by Gasteiger charge is -2.07. The number of nitrogens with zero attached hydrogens (tertiary/aromatic N) is 1. The van der Waals surface area contributed by atoms with E-state index < -0.39 is 4.92 Å². The van der Waals surface area contributed by atoms with Gasteiger partial charge in [-0.25, -0.2) is 0 Å². The van der Waals surface area contributed by atoms with Gasteiger partial charge < -0.3 is 4.74 Å². The van der Waals surface area contributed by atoms with Crippen LogP contribution in [0.1, 0.15) is 5.56 Å². The molecular weight excluding hydrogens is 334 g/mol. The summed E-state index contributed by atoms with van der Waals surface area (Å²) in [7, 11) is 0. The number of nitro benzene ring substituents is 1. The average molecular weight is 343 g/mol. The van der Waals surface area contributed by atoms with Gasteiger partial charge in [0.05, 0.1) is 4.92 Å². The van der Waals surface area contributed by atoms with E-state index in [-0.39, 0.29) is 5.69 Å². The van der Waals surface area contributed by atoms with E-state index >= 15 is 0 Å². The number of non-ortho nitro benzene ring substituents is 1. The molecule has 0 unspecified atom stereocenters. The molecule has 0 saturated carbocycles. The summed E-state index contributed by atoms with van der Waals surface area (Å²) in [5.41, 5.74) is 0.877. The first-order chi connectivity index (χ1) is 9.06. The van der Waals surface area contributed by atoms with Crippen molar-refractivity contribution >= 4 is 33.2 Å². The van der Waals surface area contributed by atoms with Crippen molar-refractivity contribution in [1.29, 1.82) is 0 Å². The van der Waals surface area contributed by atoms with E-state index in [0.717, 1.165) is 5.56 Å². The summed E-state index contributed by atoms with van der Waals surface area (Å²) in [5.74, 6) is 0.689. The van der Waals surface area contributed by atoms with E-state index in [2.05, 4.69) is 15.9 Å². The third kappa shape index (κ3) is 3.68. The van der Waals surface area contributed by atoms with Gasteiger partial charge in [0, 0.05) is 27.2 Å². The summed E-state index contributed by atoms with van der Waals surface area (Å²) in [6.45, 7) is 0.320. The molecule has 0 bridgehead atoms. The smallest absolute Gasteiger partial charge is 0.270 e. The second-order valence-electron chi connectivity index (χ2n) is 3.78. The van der Waals surface area contributed by atoms with Gasteiger partial charge in [-0.1, -0.05) is 27.5 Å². The predicted octanol–water partition coefficient (Wildman–Crippen LogP) is 4.59. The predicted molar refractivity (Wildman–Crippen MR) is 76.6 cm³/mol. The average Bonchev–Trinajstić information content (AvgIpc) is 2.39. The molecule has 0 atom stereocenters. The van der Waals surface area contributed by atoms with E-state index in [9.17, 15) is 10.1 Å². The van der Waals surface area contributed by atoms with Gasteiger partial charge in [-0.15, -0.1) is 0 Å². The van der Waals surface area contributed by atoms with Gasteiger partial charge in [-0.2, -0.15) is 0 Å². The Hall–Kier alpha value is -1.59. The Bertz CT molecular complexity index is 601. The second kappa shape index (κ2) is 6.04. The zero-order chi connectivity index (χ0) is 13.8. The highest BCUT2D eigenvalue weighted by Crippen LogP contribution is 2.24. The van der Waals surface area contributed by atoms with E-state index in [1.54, 1.807) is 30.3 Å². The minimum Gasteiger partial charge on any atom is -0.489 e. The van der Waals surface area contributed by atoms with Crippen molar-refractivity contribution < 1.29 is 9.66 Å². The molecule has 19 heavy (non-hydrogen) atoms. The highest BCUT2D eigenvalue weighted by Gasteiger charge is 2.09. The summed E-state index contributed by atoms with van der Waals surface area (Å²) in [4.78, 5) is 10.2. The third-order valence-electron chi connectivity index (χ3n) is 2.46. The first-order valence-corrected chi connectivity index (χ1v) is 6.54. The third-order valence-corrected chi connectivity index (χ3v) is 3.45. The molecule has 0 amide bonds. The first kappa shape index (κ1) is 13.8. The monoisotopic (exact) mass is 341 g/mol. The summed E-state index contributed by atoms with van der Waals surface area (Å²) in [5, 5.41) is 11.3. The Kier molecular flexibility index (Phi) is 4.39. The lowest BCUT2D eigenvalue weighted by atomic mass is 10.2. The fourth-order valence-corrected chi connectivity index (χ4v) is 2.07. The molecule has 0 fully saturated rings. The minimum absolute atomic E-state index is 0.0436. The maximum absolute atomic E-state index is 10.6. The second-order valence-corrected chi connectivity index (χ2v) is 5.07. The molecule has 0 spiro atoms. The van der Waals surface area contributed by atoms with Gasteiger partial charge in [-0.05, 0) is 30.3 Å². The molecule has 0 N–H and O–H groups in total. The zero-order valence-corrected chi connectivity index (χ0v) is 12.0. The van der Waals surface area contributed by atoms with Crippen molar-refractivity contribution in [3.8, 4) is 5.75 Å². The van der Waals surface area contributed by atoms with Crippen LogP contribution in [0.5, 0.6) is 5.75 Å². The first-order valence-electron chi connectivity index (χ1n) is 5.37. The number of benzene rings is 2. The normalized spacial score (nSPS) is 10.2. The number of hydrogen-bond donors (Lipinski definition) is 0. The number of rotatable bonds is 4. The Morgan fingerprint density at radius 1 is 1.21 bits per heavy atom. The fraction of sp³-hybridized carbons (Fsp3) is 0.0769. The van der Waals surface area contributed by atoms with Crippen LogP contribution in [0.4, 0.5) is 5.69 Å². The van der Waals surface area contributed by atoms with Gasteiger partial charge in [0.15, 0.2) is 0 Å². The molecule has 2 aromatic rings. The molecule has 2 rings (SSSR count). The van der Waals surface area contributed by atoms with Crippen LogP contribution in [0.25, 0.3) is 0 Å². The molecule has 0 aliphatic heterocycles. The molecule has 0 aliphatic rings. The van der Waals surface area contributed by atoms with Crippen molar-refractivity contribution in [2.75, 3.05) is 0 Å². The lowest BCUT2D eigenvalue weighted by molar-refractivity contribution is -0.384. The summed E-state index contributed by atoms with van der Waals surface area (Å²) < 4.78 is 6.22. The van der Waals surface area contributed by atoms with Crippen LogP contribution in [-0.2, 0) is 6.61 Å². The van der Waals surface area contributed by atoms with E-state index in [1.807, 2.05) is 0 Å². The number of hydrogen-bond acceptors (Lipinski definition) is 3. The van der Waals surface area contributed by atoms with Crippen LogP contribution in [0.3, 0.4) is 0 Å². The molecule has 6 heteroatoms. The zero-order valence-electron chi connectivity index (χ0n) is 9.68. The Labute approximate surface area is 123 Å². The Morgan fingerprint density at radius 2 is 1.89 bits per heavy atom. The van der Waals surface area contributed by atoms with Crippen molar-refractivity contribution in [3.63, 3.8) is 0 Å². The van der Waals surface area contributed by atoms with Crippen LogP contribution < -0.4 is 4.74 Å². The van der Waals surface area contributed by atoms with Gasteiger partial charge in [0.1, 0.15) is 12.4 Å². The van der Waals surface area contributed by atoms with Crippen LogP contribution in [0, 0.1) is 10.1 Å². The molecule has 0 radical (unpaired) electrons. The minimum atomic E-state index is -0.436. The summed E-state index contributed by atoms with van der Waals surface area (Å²) in [6, 6.07) is 11.6. The van der Waals surface area contributed by atoms with Gasteiger partial charge in [0.2, 0.25) is 0 Å². The van der Waals surface area contributed by atoms with E-state index in [1.165, 1.54) is 12.1 Å². The fourth-order valence-electron chi connectivity index (χ4n) is 1.46. The molecule has 98 valence electrons. The van der Waals surface area contributed by atoms with E-state index in [4.69, 9.17) is 16.3 Å². The van der Waals surface area contributed by atoms with Crippen molar-refractivity contribution in [3.05, 3.63) is 67.6 Å². The molecule has 0 saturated heterocycles. The van der Waals surface area contributed by atoms with Crippen molar-refractivity contribution in [2.45, 2.75) is 6.61 Å². The number of halogens is 2. The molecule has 0 heterocycles. The van der Waals surface area contributed by atoms with Gasteiger partial charge in [0.25, 0.3) is 5.69 Å². The van der Waals surface area contributed by atoms with Crippen LogP contribution in [0.15, 0.2) is 46.9 Å². The SMILES string of the molecule is O=[N+]([O-])c1ccc(COc2ccc(Cl)cc2)c(Br)c1. The highest BCUT2D eigenvalue weighted by atomic mass is 79.9. The quantitative estimate of drug-likeness (QED) is 0.603. The van der Waals surface area contributed by atoms with Crippen LogP contribution in [0.2, 0.25) is 5.02 Å². The lowest BCUT2D eigenvalue weighted by Crippen LogP contribution is -1.97. The standard InChI is InChI=1S/C13H9BrClNO3/c14-13-7-11(16(17)18)4-1-9(13)8-19-12-5-2-10(15)3-6-12/h1-7H,8H2. The number of nitro groups is 1. The Balaban J connectivity index is 2.07. The Morgan fingerprint density at radius 3 is 2.47 bits per heavy atom. The number of ether oxygens (including phenoxy) is 1. The maximum atomic E-state index is 10.6. The van der Waals surface area contributed by atoms with Crippen molar-refractivity contribution in [1.82, 2.24) is 0 Å².